The van der Waals surface area contributed by atoms with Gasteiger partial charge in [-0.25, -0.2) is 0 Å². The van der Waals surface area contributed by atoms with Crippen molar-refractivity contribution in [2.45, 2.75) is 70.3 Å². The zero-order valence-electron chi connectivity index (χ0n) is 16.5. The average Bonchev–Trinajstić information content (AvgIpc) is 3.26. The van der Waals surface area contributed by atoms with Gasteiger partial charge in [0.1, 0.15) is 0 Å². The summed E-state index contributed by atoms with van der Waals surface area (Å²) in [5, 5.41) is 0. The zero-order valence-corrected chi connectivity index (χ0v) is 21.1. The van der Waals surface area contributed by atoms with Crippen LogP contribution in [0.15, 0.2) is 47.6 Å². The van der Waals surface area contributed by atoms with Crippen molar-refractivity contribution in [3.8, 4) is 0 Å². The van der Waals surface area contributed by atoms with E-state index in [-0.39, 0.29) is 24.8 Å². The minimum absolute atomic E-state index is 0. The fourth-order valence-corrected chi connectivity index (χ4v) is 22.0. The number of halogens is 2. The number of rotatable bonds is 4. The Morgan fingerprint density at radius 1 is 0.808 bits per heavy atom. The fourth-order valence-electron chi connectivity index (χ4n) is 6.98. The predicted octanol–water partition coefficient (Wildman–Crippen LogP) is 7.11. The van der Waals surface area contributed by atoms with E-state index in [1.807, 2.05) is 11.1 Å². The van der Waals surface area contributed by atoms with Crippen LogP contribution in [0, 0.1) is 11.8 Å². The molecule has 2 fully saturated rings. The van der Waals surface area contributed by atoms with Crippen LogP contribution in [0.4, 0.5) is 0 Å². The molecule has 4 atom stereocenters. The van der Waals surface area contributed by atoms with Gasteiger partial charge in [0.2, 0.25) is 0 Å². The molecule has 0 spiro atoms. The van der Waals surface area contributed by atoms with Crippen LogP contribution in [-0.2, 0) is 14.0 Å². The maximum absolute atomic E-state index is 2.63. The van der Waals surface area contributed by atoms with Crippen molar-refractivity contribution in [2.75, 3.05) is 0 Å². The third-order valence-corrected chi connectivity index (χ3v) is 30.4. The van der Waals surface area contributed by atoms with Crippen LogP contribution in [0.2, 0.25) is 17.9 Å². The van der Waals surface area contributed by atoms with Crippen molar-refractivity contribution in [2.24, 2.45) is 11.8 Å². The molecule has 0 aromatic heterocycles. The van der Waals surface area contributed by atoms with E-state index in [1.54, 1.807) is 0 Å². The molecule has 2 saturated carbocycles. The second-order valence-electron chi connectivity index (χ2n) is 9.16. The summed E-state index contributed by atoms with van der Waals surface area (Å²) in [5.74, 6) is 1.78. The van der Waals surface area contributed by atoms with Gasteiger partial charge < -0.3 is 0 Å². The summed E-state index contributed by atoms with van der Waals surface area (Å²) in [5.41, 5.74) is 3.78. The van der Waals surface area contributed by atoms with E-state index in [9.17, 15) is 0 Å². The second kappa shape index (κ2) is 8.46. The maximum Gasteiger partial charge on any atom is -0.147 e. The minimum atomic E-state index is -2.63. The molecule has 146 valence electrons. The van der Waals surface area contributed by atoms with Crippen molar-refractivity contribution in [3.63, 3.8) is 0 Å². The first-order valence-electron chi connectivity index (χ1n) is 10.4. The molecule has 0 aliphatic heterocycles. The largest absolute Gasteiger partial charge is 0.147 e. The first kappa shape index (κ1) is 22.8. The predicted molar refractivity (Wildman–Crippen MR) is 121 cm³/mol. The Bertz CT molecular complexity index is 656. The molecule has 4 heteroatoms. The smallest absolute Gasteiger partial charge is 0.147 e. The Morgan fingerprint density at radius 2 is 1.23 bits per heavy atom. The molecule has 4 aliphatic carbocycles. The van der Waals surface area contributed by atoms with Gasteiger partial charge in [0.05, 0.1) is 0 Å². The maximum atomic E-state index is 2.61. The molecule has 0 N–H and O–H groups in total. The van der Waals surface area contributed by atoms with Crippen molar-refractivity contribution in [1.29, 1.82) is 0 Å². The quantitative estimate of drug-likeness (QED) is 0.403. The molecule has 0 radical (unpaired) electrons. The van der Waals surface area contributed by atoms with E-state index in [1.165, 1.54) is 48.0 Å². The third kappa shape index (κ3) is 3.24. The number of hydrogen-bond donors (Lipinski definition) is 0. The first-order chi connectivity index (χ1) is 11.6. The van der Waals surface area contributed by atoms with Gasteiger partial charge in [-0.15, -0.1) is 24.8 Å². The summed E-state index contributed by atoms with van der Waals surface area (Å²) in [7, 11) is 2.61. The normalized spacial score (nSPS) is 32.7. The van der Waals surface area contributed by atoms with E-state index in [0.29, 0.717) is 0 Å². The topological polar surface area (TPSA) is 0 Å². The van der Waals surface area contributed by atoms with Gasteiger partial charge in [0.15, 0.2) is 0 Å². The average molecular weight is 447 g/mol. The van der Waals surface area contributed by atoms with Gasteiger partial charge in [-0.3, -0.25) is 0 Å². The van der Waals surface area contributed by atoms with Crippen LogP contribution in [0.1, 0.15) is 52.4 Å². The molecule has 0 aromatic rings. The molecular weight excluding hydrogens is 411 g/mol. The van der Waals surface area contributed by atoms with Crippen LogP contribution in [-0.4, -0.2) is 7.63 Å². The summed E-state index contributed by atoms with van der Waals surface area (Å²) in [4.78, 5) is 0. The number of allylic oxidation sites excluding steroid dienone is 8. The van der Waals surface area contributed by atoms with E-state index in [2.05, 4.69) is 57.9 Å². The Hall–Kier alpha value is 0.471. The number of fused-ring (bicyclic) bond motifs is 2. The Labute approximate surface area is 175 Å². The molecular formula is C22H36Cl2SiTi. The summed E-state index contributed by atoms with van der Waals surface area (Å²) >= 11 is -2.63. The van der Waals surface area contributed by atoms with Crippen LogP contribution in [0.3, 0.4) is 0 Å². The van der Waals surface area contributed by atoms with E-state index in [4.69, 9.17) is 0 Å². The Morgan fingerprint density at radius 3 is 1.62 bits per heavy atom. The van der Waals surface area contributed by atoms with E-state index < -0.39 is 14.0 Å². The summed E-state index contributed by atoms with van der Waals surface area (Å²) in [6.45, 7) is 5.15. The summed E-state index contributed by atoms with van der Waals surface area (Å²) in [6.07, 6.45) is 23.2. The van der Waals surface area contributed by atoms with E-state index >= 15 is 0 Å². The molecule has 4 rings (SSSR count). The van der Waals surface area contributed by atoms with Gasteiger partial charge >= 0.3 is 151 Å². The van der Waals surface area contributed by atoms with Gasteiger partial charge in [0.25, 0.3) is 0 Å². The van der Waals surface area contributed by atoms with Crippen molar-refractivity contribution >= 4 is 32.4 Å². The van der Waals surface area contributed by atoms with Crippen LogP contribution in [0.25, 0.3) is 0 Å². The van der Waals surface area contributed by atoms with Crippen molar-refractivity contribution < 1.29 is 14.0 Å². The third-order valence-electron chi connectivity index (χ3n) is 8.74. The first-order valence-corrected chi connectivity index (χ1v) is 18.4. The van der Waals surface area contributed by atoms with E-state index in [0.717, 1.165) is 20.3 Å². The molecule has 0 bridgehead atoms. The molecule has 0 saturated heterocycles. The zero-order chi connectivity index (χ0) is 16.8. The molecule has 0 amide bonds. The molecule has 4 aliphatic rings. The van der Waals surface area contributed by atoms with Gasteiger partial charge in [-0.1, -0.05) is 0 Å². The van der Waals surface area contributed by atoms with Crippen LogP contribution >= 0.6 is 24.8 Å². The minimum Gasteiger partial charge on any atom is -0.147 e. The van der Waals surface area contributed by atoms with Crippen LogP contribution < -0.4 is 0 Å². The standard InChI is InChI=1S/2C9H11.2C2H5.2ClH.H2Si.Ti/c2*1-2-5-9-7-3-6-8(9)4-1;2*1-2;;;;/h2*1-2,4,6,9H,3,5,7H2;2*1H2,2H3;2*1H;1H2;. The van der Waals surface area contributed by atoms with Gasteiger partial charge in [-0.05, 0) is 0 Å². The molecule has 4 unspecified atom stereocenters. The van der Waals surface area contributed by atoms with Gasteiger partial charge in [0, 0.05) is 0 Å². The molecule has 0 aromatic carbocycles. The molecule has 0 nitrogen and oxygen atoms in total. The van der Waals surface area contributed by atoms with Crippen molar-refractivity contribution in [3.05, 3.63) is 47.6 Å². The molecule has 0 heterocycles. The Kier molecular flexibility index (Phi) is 7.40. The van der Waals surface area contributed by atoms with Gasteiger partial charge in [-0.2, -0.15) is 0 Å². The SMILES string of the molecule is C[CH2][Ti](=[SiH2])([CH2]C)([CH]1CCC2CC=CC=C21)[CH]1CCC2CC=CC=C21.Cl.Cl. The fraction of sp³-hybridized carbons (Fsp3) is 0.636. The second-order valence-corrected chi connectivity index (χ2v) is 27.7. The van der Waals surface area contributed by atoms with Crippen molar-refractivity contribution in [1.82, 2.24) is 0 Å². The Balaban J connectivity index is 0.00000121. The summed E-state index contributed by atoms with van der Waals surface area (Å²) < 4.78 is 5.01. The summed E-state index contributed by atoms with van der Waals surface area (Å²) in [6, 6.07) is 0. The molecule has 26 heavy (non-hydrogen) atoms. The van der Waals surface area contributed by atoms with Crippen LogP contribution in [0.5, 0.6) is 0 Å². The monoisotopic (exact) mass is 446 g/mol. The number of hydrogen-bond acceptors (Lipinski definition) is 0.